The molecule has 2 aromatic carbocycles. The number of nitrogens with one attached hydrogen (secondary N) is 2. The Labute approximate surface area is 130 Å². The van der Waals surface area contributed by atoms with Gasteiger partial charge in [-0.2, -0.15) is 0 Å². The number of benzene rings is 2. The summed E-state index contributed by atoms with van der Waals surface area (Å²) in [5.41, 5.74) is 1.59. The van der Waals surface area contributed by atoms with E-state index < -0.39 is 0 Å². The first kappa shape index (κ1) is 15.7. The van der Waals surface area contributed by atoms with E-state index in [-0.39, 0.29) is 12.1 Å². The quantitative estimate of drug-likeness (QED) is 0.887. The van der Waals surface area contributed by atoms with Gasteiger partial charge in [0.15, 0.2) is 0 Å². The maximum Gasteiger partial charge on any atom is 0.319 e. The Morgan fingerprint density at radius 3 is 2.55 bits per heavy atom. The fourth-order valence-corrected chi connectivity index (χ4v) is 2.17. The van der Waals surface area contributed by atoms with Crippen molar-refractivity contribution in [2.24, 2.45) is 0 Å². The van der Waals surface area contributed by atoms with Gasteiger partial charge in [-0.15, -0.1) is 0 Å². The summed E-state index contributed by atoms with van der Waals surface area (Å²) in [5, 5.41) is 5.67. The Morgan fingerprint density at radius 1 is 1.05 bits per heavy atom. The molecule has 1 atom stereocenters. The fraction of sp³-hybridized carbons (Fsp3) is 0.235. The topological polar surface area (TPSA) is 59.6 Å². The van der Waals surface area contributed by atoms with Crippen LogP contribution >= 0.6 is 0 Å². The van der Waals surface area contributed by atoms with Gasteiger partial charge >= 0.3 is 6.03 Å². The van der Waals surface area contributed by atoms with E-state index in [2.05, 4.69) is 10.6 Å². The van der Waals surface area contributed by atoms with Gasteiger partial charge in [-0.05, 0) is 25.1 Å². The molecular weight excluding hydrogens is 280 g/mol. The molecule has 22 heavy (non-hydrogen) atoms. The van der Waals surface area contributed by atoms with Crippen LogP contribution in [0.2, 0.25) is 0 Å². The number of anilines is 1. The van der Waals surface area contributed by atoms with Gasteiger partial charge in [0.05, 0.1) is 20.3 Å². The minimum atomic E-state index is -0.286. The van der Waals surface area contributed by atoms with Crippen molar-refractivity contribution < 1.29 is 14.3 Å². The molecular formula is C17H20N2O3. The Morgan fingerprint density at radius 2 is 1.82 bits per heavy atom. The zero-order chi connectivity index (χ0) is 15.9. The number of methoxy groups -OCH3 is 2. The number of carbonyl (C=O) groups excluding carboxylic acids is 1. The molecule has 0 saturated heterocycles. The molecule has 116 valence electrons. The summed E-state index contributed by atoms with van der Waals surface area (Å²) in [7, 11) is 3.20. The molecule has 1 unspecified atom stereocenters. The van der Waals surface area contributed by atoms with E-state index in [0.717, 1.165) is 11.3 Å². The van der Waals surface area contributed by atoms with Gasteiger partial charge in [-0.3, -0.25) is 0 Å². The lowest BCUT2D eigenvalue weighted by atomic mass is 10.1. The number of para-hydroxylation sites is 1. The summed E-state index contributed by atoms with van der Waals surface area (Å²) in [6, 6.07) is 14.3. The van der Waals surface area contributed by atoms with E-state index in [1.807, 2.05) is 43.3 Å². The van der Waals surface area contributed by atoms with E-state index in [9.17, 15) is 4.79 Å². The third-order valence-electron chi connectivity index (χ3n) is 3.28. The van der Waals surface area contributed by atoms with Crippen molar-refractivity contribution in [2.45, 2.75) is 13.0 Å². The van der Waals surface area contributed by atoms with E-state index >= 15 is 0 Å². The number of amides is 2. The van der Waals surface area contributed by atoms with Crippen molar-refractivity contribution in [3.8, 4) is 11.5 Å². The number of hydrogen-bond acceptors (Lipinski definition) is 3. The standard InChI is InChI=1S/C17H20N2O3/c1-12(15-9-4-5-10-16(15)22-3)18-17(20)19-13-7-6-8-14(11-13)21-2/h4-12H,1-3H3,(H2,18,19,20). The highest BCUT2D eigenvalue weighted by Crippen LogP contribution is 2.24. The molecule has 0 aliphatic carbocycles. The summed E-state index contributed by atoms with van der Waals surface area (Å²) in [5.74, 6) is 1.44. The number of urea groups is 1. The molecule has 2 aromatic rings. The van der Waals surface area contributed by atoms with Crippen molar-refractivity contribution in [3.63, 3.8) is 0 Å². The first-order valence-corrected chi connectivity index (χ1v) is 6.98. The molecule has 5 nitrogen and oxygen atoms in total. The van der Waals surface area contributed by atoms with Gasteiger partial charge in [0.1, 0.15) is 11.5 Å². The molecule has 0 radical (unpaired) electrons. The van der Waals surface area contributed by atoms with Crippen molar-refractivity contribution in [1.29, 1.82) is 0 Å². The van der Waals surface area contributed by atoms with E-state index in [0.29, 0.717) is 11.4 Å². The Hall–Kier alpha value is -2.69. The predicted octanol–water partition coefficient (Wildman–Crippen LogP) is 3.59. The zero-order valence-corrected chi connectivity index (χ0v) is 12.9. The number of carbonyl (C=O) groups is 1. The molecule has 5 heteroatoms. The lowest BCUT2D eigenvalue weighted by Crippen LogP contribution is -2.31. The van der Waals surface area contributed by atoms with Gasteiger partial charge in [0.2, 0.25) is 0 Å². The van der Waals surface area contributed by atoms with Gasteiger partial charge < -0.3 is 20.1 Å². The van der Waals surface area contributed by atoms with Crippen LogP contribution in [0.15, 0.2) is 48.5 Å². The summed E-state index contributed by atoms with van der Waals surface area (Å²) >= 11 is 0. The Balaban J connectivity index is 2.02. The van der Waals surface area contributed by atoms with Crippen LogP contribution in [0.4, 0.5) is 10.5 Å². The van der Waals surface area contributed by atoms with Crippen LogP contribution in [0.3, 0.4) is 0 Å². The normalized spacial score (nSPS) is 11.4. The molecule has 0 saturated carbocycles. The van der Waals surface area contributed by atoms with E-state index in [1.54, 1.807) is 26.4 Å². The molecule has 0 heterocycles. The summed E-state index contributed by atoms with van der Waals surface area (Å²) < 4.78 is 10.4. The summed E-state index contributed by atoms with van der Waals surface area (Å²) in [6.07, 6.45) is 0. The second-order valence-electron chi connectivity index (χ2n) is 4.79. The Bertz CT molecular complexity index is 643. The highest BCUT2D eigenvalue weighted by molar-refractivity contribution is 5.89. The van der Waals surface area contributed by atoms with E-state index in [1.165, 1.54) is 0 Å². The molecule has 0 bridgehead atoms. The first-order chi connectivity index (χ1) is 10.6. The molecule has 0 aliphatic rings. The average molecular weight is 300 g/mol. The molecule has 0 fully saturated rings. The van der Waals surface area contributed by atoms with Crippen LogP contribution in [0.1, 0.15) is 18.5 Å². The SMILES string of the molecule is COc1cccc(NC(=O)NC(C)c2ccccc2OC)c1. The monoisotopic (exact) mass is 300 g/mol. The third kappa shape index (κ3) is 3.91. The van der Waals surface area contributed by atoms with Crippen molar-refractivity contribution >= 4 is 11.7 Å². The van der Waals surface area contributed by atoms with E-state index in [4.69, 9.17) is 9.47 Å². The van der Waals surface area contributed by atoms with Crippen LogP contribution in [-0.4, -0.2) is 20.3 Å². The molecule has 2 rings (SSSR count). The maximum absolute atomic E-state index is 12.1. The minimum Gasteiger partial charge on any atom is -0.497 e. The molecule has 2 amide bonds. The average Bonchev–Trinajstić information content (AvgIpc) is 2.54. The highest BCUT2D eigenvalue weighted by atomic mass is 16.5. The highest BCUT2D eigenvalue weighted by Gasteiger charge is 2.13. The van der Waals surface area contributed by atoms with Crippen LogP contribution in [0.5, 0.6) is 11.5 Å². The lowest BCUT2D eigenvalue weighted by molar-refractivity contribution is 0.249. The second-order valence-corrected chi connectivity index (χ2v) is 4.79. The van der Waals surface area contributed by atoms with Crippen LogP contribution in [0.25, 0.3) is 0 Å². The largest absolute Gasteiger partial charge is 0.497 e. The molecule has 0 aromatic heterocycles. The minimum absolute atomic E-state index is 0.179. The van der Waals surface area contributed by atoms with Crippen LogP contribution in [-0.2, 0) is 0 Å². The second kappa shape index (κ2) is 7.36. The van der Waals surface area contributed by atoms with Crippen molar-refractivity contribution in [3.05, 3.63) is 54.1 Å². The summed E-state index contributed by atoms with van der Waals surface area (Å²) in [6.45, 7) is 1.91. The molecule has 2 N–H and O–H groups in total. The first-order valence-electron chi connectivity index (χ1n) is 6.98. The molecule has 0 spiro atoms. The zero-order valence-electron chi connectivity index (χ0n) is 12.9. The van der Waals surface area contributed by atoms with Gasteiger partial charge in [0, 0.05) is 17.3 Å². The Kier molecular flexibility index (Phi) is 5.25. The number of rotatable bonds is 5. The molecule has 0 aliphatic heterocycles. The number of ether oxygens (including phenoxy) is 2. The lowest BCUT2D eigenvalue weighted by Gasteiger charge is -2.17. The fourth-order valence-electron chi connectivity index (χ4n) is 2.17. The van der Waals surface area contributed by atoms with Gasteiger partial charge in [-0.1, -0.05) is 24.3 Å². The van der Waals surface area contributed by atoms with Gasteiger partial charge in [0.25, 0.3) is 0 Å². The third-order valence-corrected chi connectivity index (χ3v) is 3.28. The smallest absolute Gasteiger partial charge is 0.319 e. The van der Waals surface area contributed by atoms with Crippen molar-refractivity contribution in [2.75, 3.05) is 19.5 Å². The van der Waals surface area contributed by atoms with Gasteiger partial charge in [-0.25, -0.2) is 4.79 Å². The number of hydrogen-bond donors (Lipinski definition) is 2. The maximum atomic E-state index is 12.1. The van der Waals surface area contributed by atoms with Crippen LogP contribution < -0.4 is 20.1 Å². The van der Waals surface area contributed by atoms with Crippen molar-refractivity contribution in [1.82, 2.24) is 5.32 Å². The van der Waals surface area contributed by atoms with Crippen LogP contribution in [0, 0.1) is 0 Å². The summed E-state index contributed by atoms with van der Waals surface area (Å²) in [4.78, 5) is 12.1. The predicted molar refractivity (Wildman–Crippen MR) is 86.6 cm³/mol.